The number of benzene rings is 1. The van der Waals surface area contributed by atoms with E-state index in [1.165, 1.54) is 6.92 Å². The summed E-state index contributed by atoms with van der Waals surface area (Å²) in [5, 5.41) is 6.61. The van der Waals surface area contributed by atoms with Gasteiger partial charge in [-0.2, -0.15) is 5.10 Å². The van der Waals surface area contributed by atoms with Crippen LogP contribution in [-0.2, 0) is 9.53 Å². The number of nitrogens with zero attached hydrogens (tertiary/aromatic N) is 1. The Labute approximate surface area is 104 Å². The van der Waals surface area contributed by atoms with E-state index in [0.29, 0.717) is 0 Å². The minimum absolute atomic E-state index is 0.162. The van der Waals surface area contributed by atoms with E-state index in [1.54, 1.807) is 6.07 Å². The lowest BCUT2D eigenvalue weighted by Gasteiger charge is -1.97. The van der Waals surface area contributed by atoms with Crippen LogP contribution in [0.4, 0.5) is 0 Å². The van der Waals surface area contributed by atoms with E-state index < -0.39 is 5.97 Å². The molecule has 0 bridgehead atoms. The first-order valence-corrected chi connectivity index (χ1v) is 5.44. The maximum absolute atomic E-state index is 11.5. The smallest absolute Gasteiger partial charge is 0.359 e. The van der Waals surface area contributed by atoms with Crippen LogP contribution in [0.15, 0.2) is 36.4 Å². The van der Waals surface area contributed by atoms with E-state index in [2.05, 4.69) is 10.2 Å². The number of nitrogens with one attached hydrogen (secondary N) is 1. The highest BCUT2D eigenvalue weighted by Gasteiger charge is 2.13. The van der Waals surface area contributed by atoms with E-state index in [1.807, 2.05) is 30.3 Å². The third-order valence-corrected chi connectivity index (χ3v) is 2.28. The minimum Gasteiger partial charge on any atom is -0.453 e. The molecule has 92 valence electrons. The third-order valence-electron chi connectivity index (χ3n) is 2.28. The summed E-state index contributed by atoms with van der Waals surface area (Å²) in [5.41, 5.74) is 1.82. The van der Waals surface area contributed by atoms with Gasteiger partial charge in [0.2, 0.25) is 0 Å². The molecule has 1 aromatic heterocycles. The van der Waals surface area contributed by atoms with Crippen LogP contribution in [-0.4, -0.2) is 28.6 Å². The molecule has 1 aromatic carbocycles. The molecule has 5 heteroatoms. The van der Waals surface area contributed by atoms with Gasteiger partial charge < -0.3 is 4.74 Å². The Morgan fingerprint density at radius 2 is 2.00 bits per heavy atom. The second kappa shape index (κ2) is 5.27. The molecule has 0 aliphatic rings. The molecule has 2 aromatic rings. The number of ether oxygens (including phenoxy) is 1. The molecular formula is C13H12N2O3. The van der Waals surface area contributed by atoms with Gasteiger partial charge in [0, 0.05) is 0 Å². The van der Waals surface area contributed by atoms with E-state index in [0.717, 1.165) is 11.3 Å². The van der Waals surface area contributed by atoms with Crippen molar-refractivity contribution in [3.63, 3.8) is 0 Å². The lowest BCUT2D eigenvalue weighted by molar-refractivity contribution is -0.120. The summed E-state index contributed by atoms with van der Waals surface area (Å²) >= 11 is 0. The fourth-order valence-corrected chi connectivity index (χ4v) is 1.43. The lowest BCUT2D eigenvalue weighted by atomic mass is 10.1. The molecule has 0 saturated carbocycles. The molecule has 0 fully saturated rings. The van der Waals surface area contributed by atoms with Gasteiger partial charge in [0.1, 0.15) is 6.61 Å². The Balaban J connectivity index is 2.11. The number of rotatable bonds is 4. The fourth-order valence-electron chi connectivity index (χ4n) is 1.43. The average Bonchev–Trinajstić information content (AvgIpc) is 2.86. The molecule has 0 amide bonds. The number of carbonyl (C=O) groups excluding carboxylic acids is 2. The van der Waals surface area contributed by atoms with Crippen LogP contribution in [0.2, 0.25) is 0 Å². The monoisotopic (exact) mass is 244 g/mol. The van der Waals surface area contributed by atoms with Gasteiger partial charge in [0.25, 0.3) is 0 Å². The predicted octanol–water partition coefficient (Wildman–Crippen LogP) is 1.82. The van der Waals surface area contributed by atoms with Crippen molar-refractivity contribution < 1.29 is 14.3 Å². The van der Waals surface area contributed by atoms with E-state index in [-0.39, 0.29) is 18.1 Å². The second-order valence-corrected chi connectivity index (χ2v) is 3.81. The van der Waals surface area contributed by atoms with Crippen molar-refractivity contribution in [3.8, 4) is 11.3 Å². The first-order valence-electron chi connectivity index (χ1n) is 5.44. The zero-order valence-electron chi connectivity index (χ0n) is 9.84. The van der Waals surface area contributed by atoms with Crippen LogP contribution in [0.1, 0.15) is 17.4 Å². The van der Waals surface area contributed by atoms with Crippen LogP contribution in [0.25, 0.3) is 11.3 Å². The number of ketones is 1. The van der Waals surface area contributed by atoms with Gasteiger partial charge in [-0.25, -0.2) is 4.79 Å². The zero-order valence-corrected chi connectivity index (χ0v) is 9.84. The maximum Gasteiger partial charge on any atom is 0.359 e. The fraction of sp³-hybridized carbons (Fsp3) is 0.154. The number of aromatic amines is 1. The Kier molecular flexibility index (Phi) is 3.52. The number of H-pyrrole nitrogens is 1. The van der Waals surface area contributed by atoms with Crippen molar-refractivity contribution in [2.24, 2.45) is 0 Å². The van der Waals surface area contributed by atoms with Crippen molar-refractivity contribution in [2.75, 3.05) is 6.61 Å². The normalized spacial score (nSPS) is 10.1. The number of hydrogen-bond acceptors (Lipinski definition) is 4. The van der Waals surface area contributed by atoms with Gasteiger partial charge in [-0.3, -0.25) is 9.89 Å². The van der Waals surface area contributed by atoms with Gasteiger partial charge in [0.15, 0.2) is 11.5 Å². The van der Waals surface area contributed by atoms with Crippen LogP contribution < -0.4 is 0 Å². The molecule has 0 aliphatic heterocycles. The highest BCUT2D eigenvalue weighted by molar-refractivity contribution is 5.90. The molecule has 1 N–H and O–H groups in total. The molecule has 5 nitrogen and oxygen atoms in total. The quantitative estimate of drug-likeness (QED) is 0.833. The molecule has 0 atom stereocenters. The van der Waals surface area contributed by atoms with Gasteiger partial charge in [-0.05, 0) is 18.6 Å². The zero-order chi connectivity index (χ0) is 13.0. The Hall–Kier alpha value is -2.43. The van der Waals surface area contributed by atoms with E-state index in [4.69, 9.17) is 4.74 Å². The third kappa shape index (κ3) is 2.82. The molecule has 18 heavy (non-hydrogen) atoms. The van der Waals surface area contributed by atoms with Crippen molar-refractivity contribution >= 4 is 11.8 Å². The lowest BCUT2D eigenvalue weighted by Crippen LogP contribution is -2.11. The molecule has 0 unspecified atom stereocenters. The van der Waals surface area contributed by atoms with Crippen LogP contribution >= 0.6 is 0 Å². The Morgan fingerprint density at radius 1 is 1.28 bits per heavy atom. The van der Waals surface area contributed by atoms with Crippen LogP contribution in [0, 0.1) is 0 Å². The van der Waals surface area contributed by atoms with Gasteiger partial charge in [-0.15, -0.1) is 0 Å². The molecule has 0 radical (unpaired) electrons. The number of hydrogen-bond donors (Lipinski definition) is 1. The maximum atomic E-state index is 11.5. The summed E-state index contributed by atoms with van der Waals surface area (Å²) in [4.78, 5) is 22.2. The van der Waals surface area contributed by atoms with Gasteiger partial charge in [-0.1, -0.05) is 30.3 Å². The largest absolute Gasteiger partial charge is 0.453 e. The molecule has 0 spiro atoms. The van der Waals surface area contributed by atoms with Crippen molar-refractivity contribution in [1.82, 2.24) is 10.2 Å². The molecule has 2 rings (SSSR count). The van der Waals surface area contributed by atoms with Gasteiger partial charge in [0.05, 0.1) is 5.69 Å². The first kappa shape index (κ1) is 12.0. The summed E-state index contributed by atoms with van der Waals surface area (Å²) in [7, 11) is 0. The average molecular weight is 244 g/mol. The topological polar surface area (TPSA) is 72.1 Å². The number of esters is 1. The number of aromatic nitrogens is 2. The highest BCUT2D eigenvalue weighted by atomic mass is 16.5. The number of Topliss-reactive ketones (excluding diaryl/α,β-unsaturated/α-hetero) is 1. The van der Waals surface area contributed by atoms with Gasteiger partial charge >= 0.3 is 5.97 Å². The molecule has 0 saturated heterocycles. The standard InChI is InChI=1S/C13H12N2O3/c1-9(16)8-18-13(17)12-7-11(14-15-12)10-5-3-2-4-6-10/h2-7H,8H2,1H3,(H,14,15). The first-order chi connectivity index (χ1) is 8.66. The van der Waals surface area contributed by atoms with E-state index in [9.17, 15) is 9.59 Å². The summed E-state index contributed by atoms with van der Waals surface area (Å²) in [6, 6.07) is 11.1. The van der Waals surface area contributed by atoms with Crippen LogP contribution in [0.3, 0.4) is 0 Å². The minimum atomic E-state index is -0.608. The number of carbonyl (C=O) groups is 2. The van der Waals surface area contributed by atoms with Crippen LogP contribution in [0.5, 0.6) is 0 Å². The Bertz CT molecular complexity index is 561. The highest BCUT2D eigenvalue weighted by Crippen LogP contribution is 2.17. The Morgan fingerprint density at radius 3 is 2.67 bits per heavy atom. The predicted molar refractivity (Wildman–Crippen MR) is 65.0 cm³/mol. The molecule has 0 aliphatic carbocycles. The van der Waals surface area contributed by atoms with Crippen molar-refractivity contribution in [1.29, 1.82) is 0 Å². The van der Waals surface area contributed by atoms with Crippen molar-refractivity contribution in [2.45, 2.75) is 6.92 Å². The molecule has 1 heterocycles. The van der Waals surface area contributed by atoms with Crippen molar-refractivity contribution in [3.05, 3.63) is 42.1 Å². The summed E-state index contributed by atoms with van der Waals surface area (Å²) < 4.78 is 4.77. The molecular weight excluding hydrogens is 232 g/mol. The second-order valence-electron chi connectivity index (χ2n) is 3.81. The summed E-state index contributed by atoms with van der Waals surface area (Å²) in [6.07, 6.45) is 0. The summed E-state index contributed by atoms with van der Waals surface area (Å²) in [6.45, 7) is 1.12. The van der Waals surface area contributed by atoms with E-state index >= 15 is 0 Å². The summed E-state index contributed by atoms with van der Waals surface area (Å²) in [5.74, 6) is -0.814. The SMILES string of the molecule is CC(=O)COC(=O)c1cc(-c2ccccc2)[nH]n1.